The molecule has 0 amide bonds. The van der Waals surface area contributed by atoms with E-state index in [1.165, 1.54) is 25.7 Å². The van der Waals surface area contributed by atoms with Crippen LogP contribution in [0.25, 0.3) is 0 Å². The fourth-order valence-corrected chi connectivity index (χ4v) is 2.61. The van der Waals surface area contributed by atoms with Crippen LogP contribution in [0.1, 0.15) is 25.7 Å². The molecule has 1 aliphatic carbocycles. The van der Waals surface area contributed by atoms with Crippen molar-refractivity contribution in [3.05, 3.63) is 0 Å². The SMILES string of the molecule is CN1CC(O)(C2CCCC2)C1. The van der Waals surface area contributed by atoms with Crippen molar-refractivity contribution in [1.29, 1.82) is 0 Å². The smallest absolute Gasteiger partial charge is 0.0927 e. The van der Waals surface area contributed by atoms with Gasteiger partial charge in [0.15, 0.2) is 0 Å². The summed E-state index contributed by atoms with van der Waals surface area (Å²) in [6.07, 6.45) is 5.17. The van der Waals surface area contributed by atoms with Crippen LogP contribution in [0.5, 0.6) is 0 Å². The zero-order valence-corrected chi connectivity index (χ0v) is 7.21. The maximum absolute atomic E-state index is 10.0. The number of nitrogens with zero attached hydrogens (tertiary/aromatic N) is 1. The Labute approximate surface area is 68.2 Å². The second-order valence-electron chi connectivity index (χ2n) is 4.26. The molecule has 2 nitrogen and oxygen atoms in total. The number of likely N-dealkylation sites (tertiary alicyclic amines) is 1. The molecular formula is C9H17NO. The molecule has 1 saturated heterocycles. The molecule has 0 radical (unpaired) electrons. The minimum absolute atomic E-state index is 0.300. The predicted molar refractivity (Wildman–Crippen MR) is 44.4 cm³/mol. The van der Waals surface area contributed by atoms with Gasteiger partial charge < -0.3 is 10.0 Å². The molecule has 2 heteroatoms. The highest BCUT2D eigenvalue weighted by atomic mass is 16.3. The topological polar surface area (TPSA) is 23.5 Å². The van der Waals surface area contributed by atoms with Crippen LogP contribution in [0.3, 0.4) is 0 Å². The van der Waals surface area contributed by atoms with Gasteiger partial charge in [0.25, 0.3) is 0 Å². The first-order valence-electron chi connectivity index (χ1n) is 4.62. The molecule has 2 rings (SSSR count). The lowest BCUT2D eigenvalue weighted by Crippen LogP contribution is -2.63. The van der Waals surface area contributed by atoms with Crippen molar-refractivity contribution in [2.24, 2.45) is 5.92 Å². The van der Waals surface area contributed by atoms with Gasteiger partial charge >= 0.3 is 0 Å². The van der Waals surface area contributed by atoms with Gasteiger partial charge in [-0.25, -0.2) is 0 Å². The molecule has 2 fully saturated rings. The number of rotatable bonds is 1. The highest BCUT2D eigenvalue weighted by Crippen LogP contribution is 2.38. The molecule has 0 bridgehead atoms. The van der Waals surface area contributed by atoms with E-state index in [9.17, 15) is 5.11 Å². The molecule has 0 spiro atoms. The van der Waals surface area contributed by atoms with Gasteiger partial charge in [-0.1, -0.05) is 12.8 Å². The average molecular weight is 155 g/mol. The van der Waals surface area contributed by atoms with E-state index in [4.69, 9.17) is 0 Å². The van der Waals surface area contributed by atoms with Crippen LogP contribution in [0.4, 0.5) is 0 Å². The van der Waals surface area contributed by atoms with Gasteiger partial charge in [-0.05, 0) is 25.8 Å². The standard InChI is InChI=1S/C9H17NO/c1-10-6-9(11,7-10)8-4-2-3-5-8/h8,11H,2-7H2,1H3. The molecule has 1 aliphatic heterocycles. The predicted octanol–water partition coefficient (Wildman–Crippen LogP) is 0.853. The number of aliphatic hydroxyl groups is 1. The van der Waals surface area contributed by atoms with Crippen molar-refractivity contribution in [2.75, 3.05) is 20.1 Å². The van der Waals surface area contributed by atoms with Crippen molar-refractivity contribution in [3.63, 3.8) is 0 Å². The van der Waals surface area contributed by atoms with E-state index in [-0.39, 0.29) is 5.60 Å². The quantitative estimate of drug-likeness (QED) is 0.607. The first-order chi connectivity index (χ1) is 5.21. The van der Waals surface area contributed by atoms with Crippen LogP contribution in [-0.2, 0) is 0 Å². The fraction of sp³-hybridized carbons (Fsp3) is 1.00. The van der Waals surface area contributed by atoms with E-state index in [0.717, 1.165) is 13.1 Å². The summed E-state index contributed by atoms with van der Waals surface area (Å²) in [6, 6.07) is 0. The summed E-state index contributed by atoms with van der Waals surface area (Å²) in [5.74, 6) is 0.610. The summed E-state index contributed by atoms with van der Waals surface area (Å²) < 4.78 is 0. The van der Waals surface area contributed by atoms with E-state index in [0.29, 0.717) is 5.92 Å². The Balaban J connectivity index is 1.93. The molecule has 0 atom stereocenters. The van der Waals surface area contributed by atoms with Crippen molar-refractivity contribution < 1.29 is 5.11 Å². The van der Waals surface area contributed by atoms with Crippen LogP contribution in [0, 0.1) is 5.92 Å². The van der Waals surface area contributed by atoms with Crippen LogP contribution in [0.15, 0.2) is 0 Å². The molecule has 0 aromatic rings. The summed E-state index contributed by atoms with van der Waals surface area (Å²) in [4.78, 5) is 2.19. The van der Waals surface area contributed by atoms with E-state index < -0.39 is 0 Å². The molecular weight excluding hydrogens is 138 g/mol. The molecule has 64 valence electrons. The minimum Gasteiger partial charge on any atom is -0.387 e. The van der Waals surface area contributed by atoms with E-state index in [1.54, 1.807) is 0 Å². The third-order valence-electron chi connectivity index (χ3n) is 3.20. The number of hydrogen-bond donors (Lipinski definition) is 1. The molecule has 1 N–H and O–H groups in total. The Bertz CT molecular complexity index is 146. The second-order valence-corrected chi connectivity index (χ2v) is 4.26. The number of β-amino-alcohol motifs (C(OH)–C–C–N with tert-alkyl or cyclic N) is 1. The van der Waals surface area contributed by atoms with E-state index in [2.05, 4.69) is 11.9 Å². The Morgan fingerprint density at radius 2 is 1.82 bits per heavy atom. The number of hydrogen-bond acceptors (Lipinski definition) is 2. The Kier molecular flexibility index (Phi) is 1.69. The third-order valence-corrected chi connectivity index (χ3v) is 3.20. The molecule has 1 saturated carbocycles. The fourth-order valence-electron chi connectivity index (χ4n) is 2.61. The first kappa shape index (κ1) is 7.56. The van der Waals surface area contributed by atoms with Gasteiger partial charge in [-0.15, -0.1) is 0 Å². The largest absolute Gasteiger partial charge is 0.387 e. The maximum Gasteiger partial charge on any atom is 0.0927 e. The van der Waals surface area contributed by atoms with Gasteiger partial charge in [0.2, 0.25) is 0 Å². The van der Waals surface area contributed by atoms with Gasteiger partial charge in [0.1, 0.15) is 0 Å². The van der Waals surface area contributed by atoms with Gasteiger partial charge in [-0.3, -0.25) is 0 Å². The Morgan fingerprint density at radius 3 is 2.27 bits per heavy atom. The van der Waals surface area contributed by atoms with E-state index >= 15 is 0 Å². The monoisotopic (exact) mass is 155 g/mol. The van der Waals surface area contributed by atoms with Crippen molar-refractivity contribution in [1.82, 2.24) is 4.90 Å². The van der Waals surface area contributed by atoms with Crippen molar-refractivity contribution >= 4 is 0 Å². The van der Waals surface area contributed by atoms with Crippen molar-refractivity contribution in [2.45, 2.75) is 31.3 Å². The summed E-state index contributed by atoms with van der Waals surface area (Å²) in [5.41, 5.74) is -0.300. The molecule has 0 unspecified atom stereocenters. The summed E-state index contributed by atoms with van der Waals surface area (Å²) in [6.45, 7) is 1.80. The highest BCUT2D eigenvalue weighted by molar-refractivity contribution is 5.00. The van der Waals surface area contributed by atoms with Crippen LogP contribution in [-0.4, -0.2) is 35.7 Å². The van der Waals surface area contributed by atoms with Crippen LogP contribution < -0.4 is 0 Å². The zero-order valence-electron chi connectivity index (χ0n) is 7.21. The lowest BCUT2D eigenvalue weighted by molar-refractivity contribution is -0.124. The second kappa shape index (κ2) is 2.46. The molecule has 2 aliphatic rings. The van der Waals surface area contributed by atoms with Gasteiger partial charge in [0, 0.05) is 13.1 Å². The Morgan fingerprint density at radius 1 is 1.27 bits per heavy atom. The maximum atomic E-state index is 10.0. The Hall–Kier alpha value is -0.0800. The summed E-state index contributed by atoms with van der Waals surface area (Å²) >= 11 is 0. The summed E-state index contributed by atoms with van der Waals surface area (Å²) in [7, 11) is 2.07. The normalized spacial score (nSPS) is 32.2. The van der Waals surface area contributed by atoms with Crippen LogP contribution in [0.2, 0.25) is 0 Å². The third kappa shape index (κ3) is 1.18. The van der Waals surface area contributed by atoms with Gasteiger partial charge in [0.05, 0.1) is 5.60 Å². The molecule has 11 heavy (non-hydrogen) atoms. The zero-order chi connectivity index (χ0) is 7.90. The average Bonchev–Trinajstić information content (AvgIpc) is 2.34. The summed E-state index contributed by atoms with van der Waals surface area (Å²) in [5, 5.41) is 10.0. The molecule has 0 aromatic carbocycles. The van der Waals surface area contributed by atoms with Crippen LogP contribution >= 0.6 is 0 Å². The van der Waals surface area contributed by atoms with Crippen molar-refractivity contribution in [3.8, 4) is 0 Å². The minimum atomic E-state index is -0.300. The first-order valence-corrected chi connectivity index (χ1v) is 4.62. The van der Waals surface area contributed by atoms with Gasteiger partial charge in [-0.2, -0.15) is 0 Å². The molecule has 1 heterocycles. The molecule has 0 aromatic heterocycles. The lowest BCUT2D eigenvalue weighted by atomic mass is 9.80. The number of likely N-dealkylation sites (N-methyl/N-ethyl adjacent to an activating group) is 1. The lowest BCUT2D eigenvalue weighted by Gasteiger charge is -2.48. The van der Waals surface area contributed by atoms with E-state index in [1.807, 2.05) is 0 Å². The highest BCUT2D eigenvalue weighted by Gasteiger charge is 2.46.